The average Bonchev–Trinajstić information content (AvgIpc) is 3.09. The zero-order chi connectivity index (χ0) is 18.8. The number of nitrogens with zero attached hydrogens (tertiary/aromatic N) is 3. The Labute approximate surface area is 183 Å². The van der Waals surface area contributed by atoms with E-state index in [1.165, 1.54) is 13.0 Å². The van der Waals surface area contributed by atoms with E-state index in [1.807, 2.05) is 0 Å². The van der Waals surface area contributed by atoms with Gasteiger partial charge in [0, 0.05) is 52.4 Å². The van der Waals surface area contributed by atoms with Crippen molar-refractivity contribution >= 4 is 29.9 Å². The Morgan fingerprint density at radius 3 is 2.59 bits per heavy atom. The molecule has 0 bridgehead atoms. The highest BCUT2D eigenvalue weighted by Crippen LogP contribution is 2.18. The fraction of sp³-hybridized carbons (Fsp3) is 0.950. The Kier molecular flexibility index (Phi) is 12.9. The second-order valence-electron chi connectivity index (χ2n) is 7.78. The lowest BCUT2D eigenvalue weighted by Gasteiger charge is -2.29. The molecular weight excluding hydrogens is 455 g/mol. The summed E-state index contributed by atoms with van der Waals surface area (Å²) in [7, 11) is 0. The van der Waals surface area contributed by atoms with Crippen molar-refractivity contribution < 1.29 is 9.47 Å². The number of ether oxygens (including phenoxy) is 2. The molecule has 27 heavy (non-hydrogen) atoms. The van der Waals surface area contributed by atoms with Gasteiger partial charge >= 0.3 is 0 Å². The van der Waals surface area contributed by atoms with Crippen LogP contribution < -0.4 is 5.32 Å². The van der Waals surface area contributed by atoms with Crippen LogP contribution in [0.1, 0.15) is 40.5 Å². The van der Waals surface area contributed by atoms with Crippen molar-refractivity contribution in [1.82, 2.24) is 15.1 Å². The summed E-state index contributed by atoms with van der Waals surface area (Å²) >= 11 is 0. The molecule has 0 amide bonds. The standard InChI is InChI=1S/C20H40N4O2.HI/c1-5-21-20(22-9-7-19(17(3)4)26-6-2)24-10-8-18(16-24)15-23-11-13-25-14-12-23;/h17-19H,5-16H2,1-4H3,(H,21,22);1H. The van der Waals surface area contributed by atoms with Crippen molar-refractivity contribution in [3.63, 3.8) is 0 Å². The van der Waals surface area contributed by atoms with Crippen molar-refractivity contribution in [2.75, 3.05) is 65.6 Å². The Hall–Kier alpha value is -0.120. The largest absolute Gasteiger partial charge is 0.379 e. The van der Waals surface area contributed by atoms with Gasteiger partial charge in [-0.15, -0.1) is 24.0 Å². The number of hydrogen-bond donors (Lipinski definition) is 1. The Morgan fingerprint density at radius 1 is 1.22 bits per heavy atom. The monoisotopic (exact) mass is 496 g/mol. The molecule has 2 atom stereocenters. The van der Waals surface area contributed by atoms with Gasteiger partial charge in [-0.25, -0.2) is 0 Å². The van der Waals surface area contributed by atoms with Gasteiger partial charge in [0.05, 0.1) is 19.3 Å². The van der Waals surface area contributed by atoms with E-state index >= 15 is 0 Å². The molecule has 2 aliphatic rings. The van der Waals surface area contributed by atoms with Crippen LogP contribution in [-0.4, -0.2) is 87.5 Å². The lowest BCUT2D eigenvalue weighted by atomic mass is 10.0. The van der Waals surface area contributed by atoms with Gasteiger partial charge in [0.15, 0.2) is 5.96 Å². The number of rotatable bonds is 9. The SMILES string of the molecule is CCNC(=NCCC(OCC)C(C)C)N1CCC(CN2CCOCC2)C1.I. The maximum absolute atomic E-state index is 5.85. The number of hydrogen-bond acceptors (Lipinski definition) is 4. The highest BCUT2D eigenvalue weighted by molar-refractivity contribution is 14.0. The molecule has 0 radical (unpaired) electrons. The Morgan fingerprint density at radius 2 is 1.96 bits per heavy atom. The third kappa shape index (κ3) is 8.83. The summed E-state index contributed by atoms with van der Waals surface area (Å²) in [6, 6.07) is 0. The second-order valence-corrected chi connectivity index (χ2v) is 7.78. The molecule has 2 aliphatic heterocycles. The van der Waals surface area contributed by atoms with E-state index in [4.69, 9.17) is 14.5 Å². The minimum Gasteiger partial charge on any atom is -0.379 e. The summed E-state index contributed by atoms with van der Waals surface area (Å²) < 4.78 is 11.3. The van der Waals surface area contributed by atoms with E-state index in [2.05, 4.69) is 42.8 Å². The average molecular weight is 496 g/mol. The van der Waals surface area contributed by atoms with Crippen LogP contribution in [0.2, 0.25) is 0 Å². The first kappa shape index (κ1) is 24.9. The molecule has 0 spiro atoms. The van der Waals surface area contributed by atoms with Gasteiger partial charge in [0.25, 0.3) is 0 Å². The van der Waals surface area contributed by atoms with Gasteiger partial charge in [-0.1, -0.05) is 13.8 Å². The second kappa shape index (κ2) is 14.0. The molecule has 2 rings (SSSR count). The van der Waals surface area contributed by atoms with Crippen molar-refractivity contribution in [2.45, 2.75) is 46.6 Å². The quantitative estimate of drug-likeness (QED) is 0.302. The topological polar surface area (TPSA) is 49.3 Å². The van der Waals surface area contributed by atoms with Crippen LogP contribution in [0.5, 0.6) is 0 Å². The van der Waals surface area contributed by atoms with Gasteiger partial charge in [-0.05, 0) is 38.5 Å². The van der Waals surface area contributed by atoms with Crippen LogP contribution in [0.4, 0.5) is 0 Å². The predicted octanol–water partition coefficient (Wildman–Crippen LogP) is 2.68. The molecule has 0 aliphatic carbocycles. The normalized spacial score (nSPS) is 22.8. The molecule has 2 unspecified atom stereocenters. The van der Waals surface area contributed by atoms with Crippen molar-refractivity contribution in [3.05, 3.63) is 0 Å². The number of morpholine rings is 1. The lowest BCUT2D eigenvalue weighted by molar-refractivity contribution is 0.0266. The Balaban J connectivity index is 0.00000364. The van der Waals surface area contributed by atoms with Gasteiger partial charge in [0.1, 0.15) is 0 Å². The van der Waals surface area contributed by atoms with Crippen LogP contribution in [0, 0.1) is 11.8 Å². The van der Waals surface area contributed by atoms with Gasteiger partial charge in [-0.2, -0.15) is 0 Å². The number of nitrogens with one attached hydrogen (secondary N) is 1. The first-order valence-electron chi connectivity index (χ1n) is 10.6. The van der Waals surface area contributed by atoms with E-state index in [1.54, 1.807) is 0 Å². The summed E-state index contributed by atoms with van der Waals surface area (Å²) in [5, 5.41) is 3.49. The maximum atomic E-state index is 5.85. The zero-order valence-corrected chi connectivity index (χ0v) is 20.1. The van der Waals surface area contributed by atoms with Gasteiger partial charge < -0.3 is 19.7 Å². The minimum absolute atomic E-state index is 0. The van der Waals surface area contributed by atoms with Crippen LogP contribution in [0.15, 0.2) is 4.99 Å². The molecule has 2 fully saturated rings. The number of guanidine groups is 1. The maximum Gasteiger partial charge on any atom is 0.193 e. The van der Waals surface area contributed by atoms with E-state index in [9.17, 15) is 0 Å². The number of halogens is 1. The molecule has 0 aromatic heterocycles. The molecule has 0 saturated carbocycles. The summed E-state index contributed by atoms with van der Waals surface area (Å²) in [6.07, 6.45) is 2.56. The van der Waals surface area contributed by atoms with Crippen LogP contribution in [0.25, 0.3) is 0 Å². The van der Waals surface area contributed by atoms with Crippen LogP contribution in [0.3, 0.4) is 0 Å². The highest BCUT2D eigenvalue weighted by Gasteiger charge is 2.27. The first-order chi connectivity index (χ1) is 12.6. The summed E-state index contributed by atoms with van der Waals surface area (Å²) in [4.78, 5) is 9.90. The molecule has 6 nitrogen and oxygen atoms in total. The fourth-order valence-corrected chi connectivity index (χ4v) is 3.87. The molecule has 0 aromatic rings. The molecule has 2 heterocycles. The smallest absolute Gasteiger partial charge is 0.193 e. The van der Waals surface area contributed by atoms with Crippen molar-refractivity contribution in [2.24, 2.45) is 16.8 Å². The molecule has 7 heteroatoms. The third-order valence-electron chi connectivity index (χ3n) is 5.34. The van der Waals surface area contributed by atoms with E-state index in [-0.39, 0.29) is 24.0 Å². The molecule has 160 valence electrons. The summed E-state index contributed by atoms with van der Waals surface area (Å²) in [5.41, 5.74) is 0. The molecular formula is C20H41IN4O2. The van der Waals surface area contributed by atoms with Gasteiger partial charge in [-0.3, -0.25) is 9.89 Å². The summed E-state index contributed by atoms with van der Waals surface area (Å²) in [5.74, 6) is 2.36. The third-order valence-corrected chi connectivity index (χ3v) is 5.34. The summed E-state index contributed by atoms with van der Waals surface area (Å²) in [6.45, 7) is 18.6. The van der Waals surface area contributed by atoms with Gasteiger partial charge in [0.2, 0.25) is 0 Å². The van der Waals surface area contributed by atoms with E-state index in [0.717, 1.165) is 77.4 Å². The number of aliphatic imine (C=N–C) groups is 1. The molecule has 2 saturated heterocycles. The first-order valence-corrected chi connectivity index (χ1v) is 10.6. The van der Waals surface area contributed by atoms with E-state index in [0.29, 0.717) is 12.0 Å². The van der Waals surface area contributed by atoms with Crippen LogP contribution in [-0.2, 0) is 9.47 Å². The highest BCUT2D eigenvalue weighted by atomic mass is 127. The molecule has 1 N–H and O–H groups in total. The lowest BCUT2D eigenvalue weighted by Crippen LogP contribution is -2.42. The fourth-order valence-electron chi connectivity index (χ4n) is 3.87. The molecule has 0 aromatic carbocycles. The van der Waals surface area contributed by atoms with E-state index < -0.39 is 0 Å². The Bertz CT molecular complexity index is 417. The minimum atomic E-state index is 0. The number of likely N-dealkylation sites (tertiary alicyclic amines) is 1. The predicted molar refractivity (Wildman–Crippen MR) is 123 cm³/mol. The van der Waals surface area contributed by atoms with Crippen LogP contribution >= 0.6 is 24.0 Å². The van der Waals surface area contributed by atoms with Crippen molar-refractivity contribution in [1.29, 1.82) is 0 Å². The zero-order valence-electron chi connectivity index (χ0n) is 17.8. The van der Waals surface area contributed by atoms with Crippen molar-refractivity contribution in [3.8, 4) is 0 Å².